The third-order valence-electron chi connectivity index (χ3n) is 4.15. The number of alkyl halides is 1. The average Bonchev–Trinajstić information content (AvgIpc) is 2.56. The first-order chi connectivity index (χ1) is 9.48. The second-order valence-corrected chi connectivity index (χ2v) is 8.35. The molecule has 116 valence electrons. The van der Waals surface area contributed by atoms with Crippen molar-refractivity contribution in [3.8, 4) is 0 Å². The van der Waals surface area contributed by atoms with E-state index in [1.807, 2.05) is 27.7 Å². The third-order valence-corrected chi connectivity index (χ3v) is 5.35. The van der Waals surface area contributed by atoms with Crippen LogP contribution in [0.2, 0.25) is 0 Å². The SMILES string of the molecule is CC1(C)OB(c2ccc(S(C)(=O)=O)c(CF)c2)OC1(C)C. The molecule has 0 atom stereocenters. The van der Waals surface area contributed by atoms with Gasteiger partial charge in [-0.1, -0.05) is 12.1 Å². The van der Waals surface area contributed by atoms with Crippen LogP contribution >= 0.6 is 0 Å². The number of hydrogen-bond acceptors (Lipinski definition) is 4. The summed E-state index contributed by atoms with van der Waals surface area (Å²) < 4.78 is 48.1. The summed E-state index contributed by atoms with van der Waals surface area (Å²) in [6, 6.07) is 4.51. The van der Waals surface area contributed by atoms with Gasteiger partial charge in [-0.25, -0.2) is 12.8 Å². The molecular weight excluding hydrogens is 294 g/mol. The molecule has 0 spiro atoms. The van der Waals surface area contributed by atoms with Crippen molar-refractivity contribution in [2.24, 2.45) is 0 Å². The van der Waals surface area contributed by atoms with E-state index >= 15 is 0 Å². The Bertz CT molecular complexity index is 639. The van der Waals surface area contributed by atoms with E-state index in [9.17, 15) is 12.8 Å². The Kier molecular flexibility index (Phi) is 3.97. The maximum Gasteiger partial charge on any atom is 0.494 e. The van der Waals surface area contributed by atoms with Crippen LogP contribution in [0.3, 0.4) is 0 Å². The molecule has 0 aromatic heterocycles. The van der Waals surface area contributed by atoms with Gasteiger partial charge in [-0.2, -0.15) is 0 Å². The molecule has 0 N–H and O–H groups in total. The van der Waals surface area contributed by atoms with E-state index in [2.05, 4.69) is 0 Å². The first-order valence-electron chi connectivity index (χ1n) is 6.72. The van der Waals surface area contributed by atoms with Crippen molar-refractivity contribution in [3.05, 3.63) is 23.8 Å². The molecule has 4 nitrogen and oxygen atoms in total. The highest BCUT2D eigenvalue weighted by atomic mass is 32.2. The Morgan fingerprint density at radius 3 is 2.10 bits per heavy atom. The smallest absolute Gasteiger partial charge is 0.399 e. The molecule has 0 unspecified atom stereocenters. The number of halogens is 1. The summed E-state index contributed by atoms with van der Waals surface area (Å²) in [4.78, 5) is 0.00488. The fraction of sp³-hybridized carbons (Fsp3) is 0.571. The zero-order chi connectivity index (χ0) is 16.1. The summed E-state index contributed by atoms with van der Waals surface area (Å²) in [6.45, 7) is 6.85. The maximum absolute atomic E-state index is 13.1. The van der Waals surface area contributed by atoms with Crippen LogP contribution in [0.1, 0.15) is 33.3 Å². The molecule has 21 heavy (non-hydrogen) atoms. The molecule has 1 aromatic carbocycles. The zero-order valence-corrected chi connectivity index (χ0v) is 13.8. The Balaban J connectivity index is 2.40. The molecule has 2 rings (SSSR count). The molecule has 1 saturated heterocycles. The van der Waals surface area contributed by atoms with Crippen LogP contribution in [-0.4, -0.2) is 33.0 Å². The van der Waals surface area contributed by atoms with Gasteiger partial charge in [0, 0.05) is 11.8 Å². The predicted molar refractivity (Wildman–Crippen MR) is 80.1 cm³/mol. The minimum atomic E-state index is -3.45. The highest BCUT2D eigenvalue weighted by Crippen LogP contribution is 2.36. The van der Waals surface area contributed by atoms with Crippen LogP contribution in [-0.2, 0) is 25.8 Å². The van der Waals surface area contributed by atoms with Crippen molar-refractivity contribution in [3.63, 3.8) is 0 Å². The fourth-order valence-corrected chi connectivity index (χ4v) is 3.10. The largest absolute Gasteiger partial charge is 0.494 e. The van der Waals surface area contributed by atoms with E-state index in [0.29, 0.717) is 5.46 Å². The van der Waals surface area contributed by atoms with E-state index in [1.54, 1.807) is 6.07 Å². The second-order valence-electron chi connectivity index (χ2n) is 6.36. The van der Waals surface area contributed by atoms with Gasteiger partial charge in [0.25, 0.3) is 0 Å². The van der Waals surface area contributed by atoms with E-state index in [1.165, 1.54) is 12.1 Å². The Morgan fingerprint density at radius 2 is 1.67 bits per heavy atom. The van der Waals surface area contributed by atoms with Gasteiger partial charge in [0.15, 0.2) is 9.84 Å². The van der Waals surface area contributed by atoms with Crippen LogP contribution in [0.4, 0.5) is 4.39 Å². The first kappa shape index (κ1) is 16.5. The van der Waals surface area contributed by atoms with E-state index in [0.717, 1.165) is 6.26 Å². The topological polar surface area (TPSA) is 52.6 Å². The fourth-order valence-electron chi connectivity index (χ4n) is 2.19. The summed E-state index contributed by atoms with van der Waals surface area (Å²) in [7, 11) is -4.08. The quantitative estimate of drug-likeness (QED) is 0.799. The van der Waals surface area contributed by atoms with Crippen LogP contribution in [0, 0.1) is 0 Å². The van der Waals surface area contributed by atoms with Crippen molar-refractivity contribution in [1.29, 1.82) is 0 Å². The summed E-state index contributed by atoms with van der Waals surface area (Å²) in [6.07, 6.45) is 1.07. The van der Waals surface area contributed by atoms with Crippen molar-refractivity contribution >= 4 is 22.4 Å². The van der Waals surface area contributed by atoms with Gasteiger partial charge in [0.2, 0.25) is 0 Å². The lowest BCUT2D eigenvalue weighted by atomic mass is 9.78. The average molecular weight is 314 g/mol. The lowest BCUT2D eigenvalue weighted by Crippen LogP contribution is -2.41. The van der Waals surface area contributed by atoms with Gasteiger partial charge in [0.1, 0.15) is 6.67 Å². The predicted octanol–water partition coefficient (Wildman–Crippen LogP) is 1.86. The number of benzene rings is 1. The summed E-state index contributed by atoms with van der Waals surface area (Å²) >= 11 is 0. The van der Waals surface area contributed by atoms with Gasteiger partial charge < -0.3 is 9.31 Å². The second kappa shape index (κ2) is 5.07. The lowest BCUT2D eigenvalue weighted by Gasteiger charge is -2.32. The minimum absolute atomic E-state index is 0.00488. The van der Waals surface area contributed by atoms with Crippen LogP contribution in [0.5, 0.6) is 0 Å². The monoisotopic (exact) mass is 314 g/mol. The van der Waals surface area contributed by atoms with E-state index < -0.39 is 34.8 Å². The number of sulfone groups is 1. The summed E-state index contributed by atoms with van der Waals surface area (Å²) in [5.41, 5.74) is -0.245. The van der Waals surface area contributed by atoms with Crippen molar-refractivity contribution in [2.75, 3.05) is 6.26 Å². The highest BCUT2D eigenvalue weighted by Gasteiger charge is 2.51. The highest BCUT2D eigenvalue weighted by molar-refractivity contribution is 7.90. The molecule has 1 aromatic rings. The van der Waals surface area contributed by atoms with Gasteiger partial charge in [-0.05, 0) is 39.2 Å². The molecule has 7 heteroatoms. The number of hydrogen-bond donors (Lipinski definition) is 0. The van der Waals surface area contributed by atoms with Crippen molar-refractivity contribution in [2.45, 2.75) is 50.5 Å². The van der Waals surface area contributed by atoms with E-state index in [-0.39, 0.29) is 10.5 Å². The molecular formula is C14H20BFO4S. The minimum Gasteiger partial charge on any atom is -0.399 e. The summed E-state index contributed by atoms with van der Waals surface area (Å²) in [5, 5.41) is 0. The summed E-state index contributed by atoms with van der Waals surface area (Å²) in [5.74, 6) is 0. The molecule has 1 aliphatic heterocycles. The molecule has 0 saturated carbocycles. The molecule has 0 amide bonds. The van der Waals surface area contributed by atoms with Gasteiger partial charge in [0.05, 0.1) is 16.1 Å². The van der Waals surface area contributed by atoms with Crippen LogP contribution < -0.4 is 5.46 Å². The Morgan fingerprint density at radius 1 is 1.14 bits per heavy atom. The molecule has 1 heterocycles. The molecule has 0 aliphatic carbocycles. The van der Waals surface area contributed by atoms with Gasteiger partial charge >= 0.3 is 7.12 Å². The number of rotatable bonds is 3. The van der Waals surface area contributed by atoms with Gasteiger partial charge in [-0.3, -0.25) is 0 Å². The zero-order valence-electron chi connectivity index (χ0n) is 12.9. The van der Waals surface area contributed by atoms with Crippen molar-refractivity contribution in [1.82, 2.24) is 0 Å². The lowest BCUT2D eigenvalue weighted by molar-refractivity contribution is 0.00578. The maximum atomic E-state index is 13.1. The van der Waals surface area contributed by atoms with Crippen molar-refractivity contribution < 1.29 is 22.1 Å². The first-order valence-corrected chi connectivity index (χ1v) is 8.61. The van der Waals surface area contributed by atoms with Crippen LogP contribution in [0.15, 0.2) is 23.1 Å². The third kappa shape index (κ3) is 3.00. The Hall–Kier alpha value is -0.915. The standard InChI is InChI=1S/C14H20BFO4S/c1-13(2)14(3,4)20-15(19-13)11-6-7-12(21(5,17)18)10(8-11)9-16/h6-8H,9H2,1-5H3. The molecule has 1 aliphatic rings. The molecule has 1 fully saturated rings. The van der Waals surface area contributed by atoms with E-state index in [4.69, 9.17) is 9.31 Å². The van der Waals surface area contributed by atoms with Crippen LogP contribution in [0.25, 0.3) is 0 Å². The normalized spacial score (nSPS) is 20.8. The molecule has 0 bridgehead atoms. The molecule has 0 radical (unpaired) electrons. The Labute approximate surface area is 125 Å². The van der Waals surface area contributed by atoms with Gasteiger partial charge in [-0.15, -0.1) is 0 Å².